The highest BCUT2D eigenvalue weighted by molar-refractivity contribution is 6.04. The summed E-state index contributed by atoms with van der Waals surface area (Å²) in [5, 5.41) is 29.5. The summed E-state index contributed by atoms with van der Waals surface area (Å²) in [6, 6.07) is 7.51. The lowest BCUT2D eigenvalue weighted by molar-refractivity contribution is -0.260. The molecule has 2 aromatic rings. The minimum absolute atomic E-state index is 0.186. The molecule has 3 rings (SSSR count). The van der Waals surface area contributed by atoms with E-state index >= 15 is 0 Å². The van der Waals surface area contributed by atoms with E-state index in [2.05, 4.69) is 4.98 Å². The molecule has 1 aliphatic rings. The zero-order valence-corrected chi connectivity index (χ0v) is 20.9. The maximum Gasteiger partial charge on any atom is 0.340 e. The summed E-state index contributed by atoms with van der Waals surface area (Å²) in [5.74, 6) is -1.41. The number of unbranched alkanes of at least 4 members (excludes halogenated alkanes) is 6. The summed E-state index contributed by atoms with van der Waals surface area (Å²) in [5.41, 5.74) is 1.32. The Balaban J connectivity index is 1.26. The van der Waals surface area contributed by atoms with E-state index in [9.17, 15) is 19.8 Å². The van der Waals surface area contributed by atoms with Gasteiger partial charge in [0, 0.05) is 30.1 Å². The molecule has 2 heterocycles. The van der Waals surface area contributed by atoms with E-state index in [1.807, 2.05) is 31.2 Å². The van der Waals surface area contributed by atoms with Crippen molar-refractivity contribution in [3.05, 3.63) is 36.0 Å². The van der Waals surface area contributed by atoms with E-state index in [4.69, 9.17) is 19.3 Å². The van der Waals surface area contributed by atoms with E-state index in [1.165, 1.54) is 0 Å². The lowest BCUT2D eigenvalue weighted by Gasteiger charge is -2.37. The second kappa shape index (κ2) is 14.3. The van der Waals surface area contributed by atoms with E-state index in [0.717, 1.165) is 55.8 Å². The van der Waals surface area contributed by atoms with Crippen LogP contribution in [-0.4, -0.2) is 69.6 Å². The van der Waals surface area contributed by atoms with Crippen LogP contribution in [0.4, 0.5) is 0 Å². The number of carboxylic acids is 1. The van der Waals surface area contributed by atoms with Crippen molar-refractivity contribution in [3.8, 4) is 0 Å². The fourth-order valence-electron chi connectivity index (χ4n) is 4.54. The largest absolute Gasteiger partial charge is 0.481 e. The number of hydrogen-bond acceptors (Lipinski definition) is 7. The molecular formula is C27H39NO8. The number of aliphatic carboxylic acids is 1. The Labute approximate surface area is 211 Å². The van der Waals surface area contributed by atoms with Crippen LogP contribution >= 0.6 is 0 Å². The molecule has 1 aromatic carbocycles. The van der Waals surface area contributed by atoms with Gasteiger partial charge in [0.25, 0.3) is 0 Å². The standard InChI is InChI=1S/C27H39NO8/c1-18-24(36-26(33)21-17-28-22-13-9-8-12-20(21)22)16-23(30)27(35-18)34-14-10-6-4-2-3-5-7-11-19(29)15-25(31)32/h8-9,12-13,17-19,23-24,27-30H,2-7,10-11,14-16H2,1H3,(H,31,32). The van der Waals surface area contributed by atoms with Crippen LogP contribution in [0.1, 0.15) is 81.5 Å². The third-order valence-electron chi connectivity index (χ3n) is 6.60. The van der Waals surface area contributed by atoms with Crippen molar-refractivity contribution in [1.82, 2.24) is 4.98 Å². The summed E-state index contributed by atoms with van der Waals surface area (Å²) in [7, 11) is 0. The highest BCUT2D eigenvalue weighted by Gasteiger charge is 2.38. The van der Waals surface area contributed by atoms with Gasteiger partial charge in [0.2, 0.25) is 0 Å². The fraction of sp³-hybridized carbons (Fsp3) is 0.630. The van der Waals surface area contributed by atoms with Crippen LogP contribution in [-0.2, 0) is 19.0 Å². The maximum atomic E-state index is 12.7. The number of carbonyl (C=O) groups is 2. The number of benzene rings is 1. The molecule has 0 bridgehead atoms. The number of aliphatic hydroxyl groups is 2. The normalized spacial score (nSPS) is 23.0. The van der Waals surface area contributed by atoms with Gasteiger partial charge in [-0.05, 0) is 25.8 Å². The molecular weight excluding hydrogens is 466 g/mol. The molecule has 5 unspecified atom stereocenters. The number of aliphatic hydroxyl groups excluding tert-OH is 2. The number of ether oxygens (including phenoxy) is 3. The SMILES string of the molecule is CC1OC(OCCCCCCCCCC(O)CC(=O)O)C(O)CC1OC(=O)c1c[nH]c2ccccc12. The Morgan fingerprint density at radius 1 is 1.11 bits per heavy atom. The summed E-state index contributed by atoms with van der Waals surface area (Å²) in [6.45, 7) is 2.30. The number of H-pyrrole nitrogens is 1. The minimum atomic E-state index is -0.963. The van der Waals surface area contributed by atoms with Crippen LogP contribution in [0.15, 0.2) is 30.5 Å². The zero-order valence-electron chi connectivity index (χ0n) is 20.9. The molecule has 200 valence electrons. The monoisotopic (exact) mass is 505 g/mol. The van der Waals surface area contributed by atoms with Gasteiger partial charge in [-0.2, -0.15) is 0 Å². The van der Waals surface area contributed by atoms with E-state index in [1.54, 1.807) is 6.20 Å². The summed E-state index contributed by atoms with van der Waals surface area (Å²) in [6.07, 6.45) is 5.80. The van der Waals surface area contributed by atoms with Crippen LogP contribution in [0.5, 0.6) is 0 Å². The van der Waals surface area contributed by atoms with Gasteiger partial charge in [0.1, 0.15) is 12.2 Å². The average Bonchev–Trinajstić information content (AvgIpc) is 3.27. The second-order valence-corrected chi connectivity index (χ2v) is 9.59. The minimum Gasteiger partial charge on any atom is -0.481 e. The number of aromatic nitrogens is 1. The van der Waals surface area contributed by atoms with Crippen molar-refractivity contribution in [2.24, 2.45) is 0 Å². The average molecular weight is 506 g/mol. The Bertz CT molecular complexity index is 960. The molecule has 1 aliphatic heterocycles. The van der Waals surface area contributed by atoms with Crippen LogP contribution in [0.25, 0.3) is 10.9 Å². The quantitative estimate of drug-likeness (QED) is 0.209. The highest BCUT2D eigenvalue weighted by Crippen LogP contribution is 2.26. The van der Waals surface area contributed by atoms with Crippen molar-refractivity contribution in [1.29, 1.82) is 0 Å². The van der Waals surface area contributed by atoms with Crippen molar-refractivity contribution < 1.29 is 39.1 Å². The molecule has 9 heteroatoms. The first-order valence-corrected chi connectivity index (χ1v) is 13.0. The van der Waals surface area contributed by atoms with Gasteiger partial charge in [0.05, 0.1) is 24.2 Å². The number of rotatable bonds is 15. The van der Waals surface area contributed by atoms with Gasteiger partial charge in [-0.3, -0.25) is 4.79 Å². The van der Waals surface area contributed by atoms with Gasteiger partial charge >= 0.3 is 11.9 Å². The topological polar surface area (TPSA) is 138 Å². The number of nitrogens with one attached hydrogen (secondary N) is 1. The molecule has 4 N–H and O–H groups in total. The number of hydrogen-bond donors (Lipinski definition) is 4. The number of para-hydroxylation sites is 1. The Morgan fingerprint density at radius 3 is 2.56 bits per heavy atom. The van der Waals surface area contributed by atoms with Crippen molar-refractivity contribution in [2.45, 2.75) is 102 Å². The number of carbonyl (C=O) groups excluding carboxylic acids is 1. The van der Waals surface area contributed by atoms with Crippen LogP contribution in [0, 0.1) is 0 Å². The van der Waals surface area contributed by atoms with Crippen LogP contribution in [0.3, 0.4) is 0 Å². The Morgan fingerprint density at radius 2 is 1.81 bits per heavy atom. The maximum absolute atomic E-state index is 12.7. The first-order valence-electron chi connectivity index (χ1n) is 13.0. The summed E-state index contributed by atoms with van der Waals surface area (Å²) in [4.78, 5) is 26.3. The first kappa shape index (κ1) is 28.1. The molecule has 36 heavy (non-hydrogen) atoms. The zero-order chi connectivity index (χ0) is 25.9. The number of esters is 1. The number of fused-ring (bicyclic) bond motifs is 1. The van der Waals surface area contributed by atoms with Gasteiger partial charge < -0.3 is 34.5 Å². The van der Waals surface area contributed by atoms with Crippen molar-refractivity contribution in [2.75, 3.05) is 6.61 Å². The molecule has 0 radical (unpaired) electrons. The molecule has 0 spiro atoms. The second-order valence-electron chi connectivity index (χ2n) is 9.59. The van der Waals surface area contributed by atoms with Crippen molar-refractivity contribution >= 4 is 22.8 Å². The molecule has 9 nitrogen and oxygen atoms in total. The van der Waals surface area contributed by atoms with Crippen molar-refractivity contribution in [3.63, 3.8) is 0 Å². The predicted octanol–water partition coefficient (Wildman–Crippen LogP) is 4.16. The molecule has 1 aromatic heterocycles. The molecule has 0 aliphatic carbocycles. The highest BCUT2D eigenvalue weighted by atomic mass is 16.7. The fourth-order valence-corrected chi connectivity index (χ4v) is 4.54. The third-order valence-corrected chi connectivity index (χ3v) is 6.60. The van der Waals surface area contributed by atoms with Gasteiger partial charge in [-0.15, -0.1) is 0 Å². The van der Waals surface area contributed by atoms with Gasteiger partial charge in [0.15, 0.2) is 6.29 Å². The third kappa shape index (κ3) is 8.58. The molecule has 5 atom stereocenters. The molecule has 0 saturated carbocycles. The molecule has 1 fully saturated rings. The van der Waals surface area contributed by atoms with Gasteiger partial charge in [-0.25, -0.2) is 4.79 Å². The number of carboxylic acid groups (broad SMARTS) is 1. The predicted molar refractivity (Wildman–Crippen MR) is 134 cm³/mol. The van der Waals surface area contributed by atoms with E-state index in [0.29, 0.717) is 18.6 Å². The van der Waals surface area contributed by atoms with Gasteiger partial charge in [-0.1, -0.05) is 56.7 Å². The molecule has 1 saturated heterocycles. The van der Waals surface area contributed by atoms with Crippen LogP contribution in [0.2, 0.25) is 0 Å². The Kier molecular flexibility index (Phi) is 11.2. The summed E-state index contributed by atoms with van der Waals surface area (Å²) < 4.78 is 17.2. The van der Waals surface area contributed by atoms with Crippen LogP contribution < -0.4 is 0 Å². The van der Waals surface area contributed by atoms with E-state index < -0.39 is 42.6 Å². The van der Waals surface area contributed by atoms with E-state index in [-0.39, 0.29) is 12.8 Å². The number of aromatic amines is 1. The Hall–Kier alpha value is -2.46. The molecule has 0 amide bonds. The first-order chi connectivity index (χ1) is 17.3. The lowest BCUT2D eigenvalue weighted by Crippen LogP contribution is -2.48. The smallest absolute Gasteiger partial charge is 0.340 e. The summed E-state index contributed by atoms with van der Waals surface area (Å²) >= 11 is 0. The lowest BCUT2D eigenvalue weighted by atomic mass is 10.0.